The molecule has 0 aliphatic carbocycles. The predicted molar refractivity (Wildman–Crippen MR) is 132 cm³/mol. The van der Waals surface area contributed by atoms with E-state index in [1.807, 2.05) is 53.2 Å². The quantitative estimate of drug-likeness (QED) is 0.327. The number of nitrogens with one attached hydrogen (secondary N) is 2. The van der Waals surface area contributed by atoms with Gasteiger partial charge >= 0.3 is 0 Å². The van der Waals surface area contributed by atoms with Gasteiger partial charge in [0.25, 0.3) is 5.91 Å². The molecule has 0 atom stereocenters. The van der Waals surface area contributed by atoms with Crippen LogP contribution in [0.1, 0.15) is 23.2 Å². The van der Waals surface area contributed by atoms with Gasteiger partial charge in [-0.3, -0.25) is 14.9 Å². The molecule has 0 radical (unpaired) electrons. The van der Waals surface area contributed by atoms with E-state index >= 15 is 0 Å². The van der Waals surface area contributed by atoms with Gasteiger partial charge in [-0.25, -0.2) is 9.67 Å². The van der Waals surface area contributed by atoms with Gasteiger partial charge in [0.1, 0.15) is 22.8 Å². The van der Waals surface area contributed by atoms with E-state index in [4.69, 9.17) is 4.42 Å². The highest BCUT2D eigenvalue weighted by molar-refractivity contribution is 7.14. The van der Waals surface area contributed by atoms with Crippen LogP contribution in [0, 0.1) is 0 Å². The topological polar surface area (TPSA) is 102 Å². The molecule has 0 saturated heterocycles. The third-order valence-corrected chi connectivity index (χ3v) is 6.52. The van der Waals surface area contributed by atoms with Gasteiger partial charge in [0.2, 0.25) is 5.91 Å². The molecular weight excluding hydrogens is 470 g/mol. The summed E-state index contributed by atoms with van der Waals surface area (Å²) in [5, 5.41) is 14.5. The molecule has 0 aliphatic rings. The first kappa shape index (κ1) is 21.8. The standard InChI is InChI=1S/C24H19N5O3S2/c1-15(30)25-13-17-9-10-21(32-17)19-14-34-24(26-19)27-23(31)20-12-18(22-8-5-11-33-22)28-29(20)16-6-3-2-4-7-16/h2-12,14H,13H2,1H3,(H,25,30)(H,26,27,31). The van der Waals surface area contributed by atoms with Crippen LogP contribution < -0.4 is 10.6 Å². The third-order valence-electron chi connectivity index (χ3n) is 4.87. The summed E-state index contributed by atoms with van der Waals surface area (Å²) in [6.07, 6.45) is 0. The highest BCUT2D eigenvalue weighted by atomic mass is 32.1. The van der Waals surface area contributed by atoms with E-state index in [1.54, 1.807) is 34.2 Å². The SMILES string of the molecule is CC(=O)NCc1ccc(-c2csc(NC(=O)c3cc(-c4cccs4)nn3-c3ccccc3)n2)o1. The number of carbonyl (C=O) groups excluding carboxylic acids is 2. The van der Waals surface area contributed by atoms with Crippen molar-refractivity contribution in [2.75, 3.05) is 5.32 Å². The van der Waals surface area contributed by atoms with Crippen molar-refractivity contribution in [2.24, 2.45) is 0 Å². The Morgan fingerprint density at radius 2 is 1.88 bits per heavy atom. The number of benzene rings is 1. The number of hydrogen-bond donors (Lipinski definition) is 2. The van der Waals surface area contributed by atoms with Crippen LogP contribution in [0.3, 0.4) is 0 Å². The smallest absolute Gasteiger partial charge is 0.276 e. The van der Waals surface area contributed by atoms with Crippen LogP contribution in [-0.2, 0) is 11.3 Å². The monoisotopic (exact) mass is 489 g/mol. The molecule has 0 bridgehead atoms. The summed E-state index contributed by atoms with van der Waals surface area (Å²) in [6.45, 7) is 1.76. The number of para-hydroxylation sites is 1. The molecule has 10 heteroatoms. The minimum absolute atomic E-state index is 0.131. The fourth-order valence-corrected chi connectivity index (χ4v) is 4.66. The lowest BCUT2D eigenvalue weighted by molar-refractivity contribution is -0.119. The maximum absolute atomic E-state index is 13.2. The number of nitrogens with zero attached hydrogens (tertiary/aromatic N) is 3. The van der Waals surface area contributed by atoms with E-state index in [1.165, 1.54) is 18.3 Å². The second-order valence-electron chi connectivity index (χ2n) is 7.31. The molecule has 4 aromatic heterocycles. The van der Waals surface area contributed by atoms with E-state index in [0.717, 1.165) is 16.3 Å². The van der Waals surface area contributed by atoms with Crippen molar-refractivity contribution in [3.8, 4) is 27.7 Å². The fourth-order valence-electron chi connectivity index (χ4n) is 3.28. The maximum Gasteiger partial charge on any atom is 0.276 e. The average Bonchev–Trinajstić information content (AvgIpc) is 3.64. The van der Waals surface area contributed by atoms with Crippen LogP contribution in [0.5, 0.6) is 0 Å². The minimum atomic E-state index is -0.314. The van der Waals surface area contributed by atoms with Gasteiger partial charge in [-0.1, -0.05) is 24.3 Å². The molecule has 34 heavy (non-hydrogen) atoms. The Balaban J connectivity index is 1.38. The Morgan fingerprint density at radius 1 is 1.03 bits per heavy atom. The largest absolute Gasteiger partial charge is 0.458 e. The summed E-state index contributed by atoms with van der Waals surface area (Å²) in [6, 6.07) is 18.8. The van der Waals surface area contributed by atoms with Gasteiger partial charge < -0.3 is 9.73 Å². The zero-order chi connectivity index (χ0) is 23.5. The lowest BCUT2D eigenvalue weighted by atomic mass is 10.3. The number of hydrogen-bond acceptors (Lipinski definition) is 7. The van der Waals surface area contributed by atoms with E-state index in [2.05, 4.69) is 20.7 Å². The van der Waals surface area contributed by atoms with Crippen molar-refractivity contribution >= 4 is 39.6 Å². The summed E-state index contributed by atoms with van der Waals surface area (Å²) < 4.78 is 7.39. The molecule has 1 aromatic carbocycles. The summed E-state index contributed by atoms with van der Waals surface area (Å²) in [5.41, 5.74) is 2.52. The number of rotatable bonds is 7. The normalized spacial score (nSPS) is 10.9. The Morgan fingerprint density at radius 3 is 2.65 bits per heavy atom. The van der Waals surface area contributed by atoms with Crippen LogP contribution >= 0.6 is 22.7 Å². The molecule has 0 saturated carbocycles. The molecule has 2 N–H and O–H groups in total. The summed E-state index contributed by atoms with van der Waals surface area (Å²) in [4.78, 5) is 29.8. The first-order valence-corrected chi connectivity index (χ1v) is 12.1. The molecule has 0 unspecified atom stereocenters. The second kappa shape index (κ2) is 9.46. The molecule has 0 fully saturated rings. The van der Waals surface area contributed by atoms with E-state index in [9.17, 15) is 9.59 Å². The number of aromatic nitrogens is 3. The van der Waals surface area contributed by atoms with Gasteiger partial charge in [-0.05, 0) is 41.8 Å². The lowest BCUT2D eigenvalue weighted by Crippen LogP contribution is -2.18. The zero-order valence-electron chi connectivity index (χ0n) is 18.0. The van der Waals surface area contributed by atoms with E-state index in [-0.39, 0.29) is 11.8 Å². The molecule has 5 aromatic rings. The van der Waals surface area contributed by atoms with Crippen LogP contribution in [0.25, 0.3) is 27.7 Å². The van der Waals surface area contributed by atoms with E-state index < -0.39 is 0 Å². The van der Waals surface area contributed by atoms with Gasteiger partial charge in [-0.2, -0.15) is 5.10 Å². The molecule has 0 spiro atoms. The number of anilines is 1. The lowest BCUT2D eigenvalue weighted by Gasteiger charge is -2.06. The highest BCUT2D eigenvalue weighted by Gasteiger charge is 2.20. The molecule has 4 heterocycles. The summed E-state index contributed by atoms with van der Waals surface area (Å²) >= 11 is 2.87. The number of furan rings is 1. The zero-order valence-corrected chi connectivity index (χ0v) is 19.7. The van der Waals surface area contributed by atoms with Crippen molar-refractivity contribution in [3.05, 3.63) is 82.9 Å². The predicted octanol–water partition coefficient (Wildman–Crippen LogP) is 5.21. The van der Waals surface area contributed by atoms with Gasteiger partial charge in [0, 0.05) is 12.3 Å². The first-order chi connectivity index (χ1) is 16.6. The van der Waals surface area contributed by atoms with Gasteiger partial charge in [0.05, 0.1) is 17.1 Å². The Labute approximate surface area is 202 Å². The van der Waals surface area contributed by atoms with Crippen LogP contribution in [0.15, 0.2) is 75.8 Å². The Kier molecular flexibility index (Phi) is 6.07. The first-order valence-electron chi connectivity index (χ1n) is 10.4. The van der Waals surface area contributed by atoms with Crippen LogP contribution in [0.2, 0.25) is 0 Å². The van der Waals surface area contributed by atoms with Gasteiger partial charge in [-0.15, -0.1) is 22.7 Å². The second-order valence-corrected chi connectivity index (χ2v) is 9.11. The molecule has 2 amide bonds. The van der Waals surface area contributed by atoms with Crippen molar-refractivity contribution in [1.29, 1.82) is 0 Å². The Hall–Kier alpha value is -4.02. The van der Waals surface area contributed by atoms with Crippen molar-refractivity contribution in [2.45, 2.75) is 13.5 Å². The molecule has 5 rings (SSSR count). The van der Waals surface area contributed by atoms with Gasteiger partial charge in [0.15, 0.2) is 10.9 Å². The highest BCUT2D eigenvalue weighted by Crippen LogP contribution is 2.29. The average molecular weight is 490 g/mol. The van der Waals surface area contributed by atoms with Crippen molar-refractivity contribution in [1.82, 2.24) is 20.1 Å². The van der Waals surface area contributed by atoms with Crippen molar-refractivity contribution in [3.63, 3.8) is 0 Å². The van der Waals surface area contributed by atoms with Crippen LogP contribution in [0.4, 0.5) is 5.13 Å². The molecule has 0 aliphatic heterocycles. The summed E-state index contributed by atoms with van der Waals surface area (Å²) in [7, 11) is 0. The van der Waals surface area contributed by atoms with E-state index in [0.29, 0.717) is 34.6 Å². The number of thiophene rings is 1. The fraction of sp³-hybridized carbons (Fsp3) is 0.0833. The molecule has 8 nitrogen and oxygen atoms in total. The number of carbonyl (C=O) groups is 2. The molecular formula is C24H19N5O3S2. The molecule has 170 valence electrons. The van der Waals surface area contributed by atoms with Crippen LogP contribution in [-0.4, -0.2) is 26.6 Å². The Bertz CT molecular complexity index is 1430. The number of thiazole rings is 1. The number of amides is 2. The van der Waals surface area contributed by atoms with Crippen molar-refractivity contribution < 1.29 is 14.0 Å². The minimum Gasteiger partial charge on any atom is -0.458 e. The summed E-state index contributed by atoms with van der Waals surface area (Å²) in [5.74, 6) is 0.738. The third kappa shape index (κ3) is 4.68. The maximum atomic E-state index is 13.2.